The van der Waals surface area contributed by atoms with Gasteiger partial charge in [-0.2, -0.15) is 0 Å². The van der Waals surface area contributed by atoms with Crippen molar-refractivity contribution in [3.8, 4) is 0 Å². The first kappa shape index (κ1) is 14.7. The lowest BCUT2D eigenvalue weighted by Gasteiger charge is -2.12. The molecule has 2 amide bonds. The Morgan fingerprint density at radius 3 is 2.24 bits per heavy atom. The van der Waals surface area contributed by atoms with Gasteiger partial charge in [0.2, 0.25) is 5.91 Å². The lowest BCUT2D eigenvalue weighted by Crippen LogP contribution is -2.14. The number of hydrogen-bond donors (Lipinski definition) is 2. The maximum absolute atomic E-state index is 13.1. The molecule has 0 heterocycles. The van der Waals surface area contributed by atoms with E-state index >= 15 is 0 Å². The normalized spacial score (nSPS) is 10.0. The highest BCUT2D eigenvalue weighted by atomic mass is 19.1. The van der Waals surface area contributed by atoms with Crippen molar-refractivity contribution in [1.82, 2.24) is 0 Å². The van der Waals surface area contributed by atoms with E-state index in [1.165, 1.54) is 31.2 Å². The fourth-order valence-corrected chi connectivity index (χ4v) is 1.92. The van der Waals surface area contributed by atoms with Crippen LogP contribution in [0.5, 0.6) is 0 Å². The fourth-order valence-electron chi connectivity index (χ4n) is 1.92. The molecule has 0 aromatic heterocycles. The molecule has 0 aliphatic carbocycles. The number of rotatable bonds is 3. The van der Waals surface area contributed by atoms with Crippen molar-refractivity contribution in [2.45, 2.75) is 13.8 Å². The van der Waals surface area contributed by atoms with Crippen molar-refractivity contribution in [3.05, 3.63) is 59.4 Å². The lowest BCUT2D eigenvalue weighted by atomic mass is 10.1. The second-order valence-corrected chi connectivity index (χ2v) is 4.62. The number of anilines is 2. The van der Waals surface area contributed by atoms with E-state index in [1.807, 2.05) is 0 Å². The first-order chi connectivity index (χ1) is 9.97. The zero-order valence-electron chi connectivity index (χ0n) is 11.7. The third-order valence-corrected chi connectivity index (χ3v) is 2.98. The molecule has 0 aliphatic heterocycles. The zero-order chi connectivity index (χ0) is 15.4. The van der Waals surface area contributed by atoms with E-state index < -0.39 is 11.7 Å². The Morgan fingerprint density at radius 1 is 1.00 bits per heavy atom. The van der Waals surface area contributed by atoms with Crippen LogP contribution in [0.25, 0.3) is 0 Å². The van der Waals surface area contributed by atoms with Gasteiger partial charge in [0.1, 0.15) is 5.82 Å². The van der Waals surface area contributed by atoms with Gasteiger partial charge >= 0.3 is 0 Å². The quantitative estimate of drug-likeness (QED) is 0.909. The minimum absolute atomic E-state index is 0.188. The summed E-state index contributed by atoms with van der Waals surface area (Å²) in [5.41, 5.74) is 2.16. The molecule has 21 heavy (non-hydrogen) atoms. The van der Waals surface area contributed by atoms with Crippen LogP contribution < -0.4 is 10.6 Å². The molecule has 0 fully saturated rings. The van der Waals surface area contributed by atoms with Crippen LogP contribution in [0.2, 0.25) is 0 Å². The first-order valence-corrected chi connectivity index (χ1v) is 6.41. The van der Waals surface area contributed by atoms with Crippen molar-refractivity contribution >= 4 is 23.2 Å². The number of benzene rings is 2. The van der Waals surface area contributed by atoms with Crippen LogP contribution in [0.3, 0.4) is 0 Å². The first-order valence-electron chi connectivity index (χ1n) is 6.41. The Labute approximate surface area is 122 Å². The lowest BCUT2D eigenvalue weighted by molar-refractivity contribution is -0.114. The largest absolute Gasteiger partial charge is 0.326 e. The summed E-state index contributed by atoms with van der Waals surface area (Å²) in [6.45, 7) is 3.20. The van der Waals surface area contributed by atoms with Crippen LogP contribution >= 0.6 is 0 Å². The third kappa shape index (κ3) is 3.66. The summed E-state index contributed by atoms with van der Waals surface area (Å²) in [4.78, 5) is 23.2. The highest BCUT2D eigenvalue weighted by Crippen LogP contribution is 2.23. The van der Waals surface area contributed by atoms with Crippen LogP contribution in [0, 0.1) is 12.7 Å². The SMILES string of the molecule is CC(=O)Nc1cccc(NC(=O)c2cccc(F)c2)c1C. The van der Waals surface area contributed by atoms with Crippen LogP contribution in [-0.2, 0) is 4.79 Å². The molecule has 108 valence electrons. The second-order valence-electron chi connectivity index (χ2n) is 4.62. The van der Waals surface area contributed by atoms with Gasteiger partial charge in [-0.1, -0.05) is 12.1 Å². The van der Waals surface area contributed by atoms with Gasteiger partial charge in [0.05, 0.1) is 0 Å². The topological polar surface area (TPSA) is 58.2 Å². The highest BCUT2D eigenvalue weighted by Gasteiger charge is 2.10. The molecule has 0 unspecified atom stereocenters. The van der Waals surface area contributed by atoms with Crippen molar-refractivity contribution in [2.75, 3.05) is 10.6 Å². The van der Waals surface area contributed by atoms with E-state index in [-0.39, 0.29) is 11.5 Å². The third-order valence-electron chi connectivity index (χ3n) is 2.98. The van der Waals surface area contributed by atoms with Crippen LogP contribution in [-0.4, -0.2) is 11.8 Å². The molecule has 0 saturated carbocycles. The molecule has 0 saturated heterocycles. The molecule has 0 bridgehead atoms. The van der Waals surface area contributed by atoms with E-state index in [0.29, 0.717) is 11.4 Å². The predicted molar refractivity (Wildman–Crippen MR) is 79.8 cm³/mol. The van der Waals surface area contributed by atoms with E-state index in [9.17, 15) is 14.0 Å². The summed E-state index contributed by atoms with van der Waals surface area (Å²) in [7, 11) is 0. The zero-order valence-corrected chi connectivity index (χ0v) is 11.7. The monoisotopic (exact) mass is 286 g/mol. The minimum atomic E-state index is -0.466. The van der Waals surface area contributed by atoms with E-state index in [2.05, 4.69) is 10.6 Å². The maximum Gasteiger partial charge on any atom is 0.255 e. The van der Waals surface area contributed by atoms with E-state index in [1.54, 1.807) is 25.1 Å². The Morgan fingerprint density at radius 2 is 1.62 bits per heavy atom. The molecule has 2 aromatic carbocycles. The molecular weight excluding hydrogens is 271 g/mol. The molecule has 5 heteroatoms. The van der Waals surface area contributed by atoms with Crippen molar-refractivity contribution in [2.24, 2.45) is 0 Å². The summed E-state index contributed by atoms with van der Waals surface area (Å²) in [5.74, 6) is -1.06. The second kappa shape index (κ2) is 6.17. The Balaban J connectivity index is 2.23. The van der Waals surface area contributed by atoms with Crippen molar-refractivity contribution in [3.63, 3.8) is 0 Å². The molecule has 2 N–H and O–H groups in total. The molecule has 0 atom stereocenters. The van der Waals surface area contributed by atoms with Gasteiger partial charge in [0.15, 0.2) is 0 Å². The molecule has 0 spiro atoms. The van der Waals surface area contributed by atoms with Crippen molar-refractivity contribution in [1.29, 1.82) is 0 Å². The average Bonchev–Trinajstić information content (AvgIpc) is 2.42. The Kier molecular flexibility index (Phi) is 4.33. The molecule has 2 rings (SSSR count). The number of carbonyl (C=O) groups is 2. The van der Waals surface area contributed by atoms with Crippen molar-refractivity contribution < 1.29 is 14.0 Å². The Hall–Kier alpha value is -2.69. The number of hydrogen-bond acceptors (Lipinski definition) is 2. The van der Waals surface area contributed by atoms with Crippen LogP contribution in [0.4, 0.5) is 15.8 Å². The molecule has 0 aliphatic rings. The van der Waals surface area contributed by atoms with Crippen LogP contribution in [0.1, 0.15) is 22.8 Å². The minimum Gasteiger partial charge on any atom is -0.326 e. The molecule has 2 aromatic rings. The highest BCUT2D eigenvalue weighted by molar-refractivity contribution is 6.05. The van der Waals surface area contributed by atoms with Gasteiger partial charge in [-0.3, -0.25) is 9.59 Å². The summed E-state index contributed by atoms with van der Waals surface area (Å²) in [5, 5.41) is 5.40. The number of nitrogens with one attached hydrogen (secondary N) is 2. The molecule has 4 nitrogen and oxygen atoms in total. The predicted octanol–water partition coefficient (Wildman–Crippen LogP) is 3.34. The van der Waals surface area contributed by atoms with Gasteiger partial charge in [-0.05, 0) is 42.8 Å². The van der Waals surface area contributed by atoms with Gasteiger partial charge in [0.25, 0.3) is 5.91 Å². The van der Waals surface area contributed by atoms with Gasteiger partial charge in [-0.25, -0.2) is 4.39 Å². The number of amides is 2. The standard InChI is InChI=1S/C16H15FN2O2/c1-10-14(18-11(2)20)7-4-8-15(10)19-16(21)12-5-3-6-13(17)9-12/h3-9H,1-2H3,(H,18,20)(H,19,21). The van der Waals surface area contributed by atoms with Gasteiger partial charge < -0.3 is 10.6 Å². The summed E-state index contributed by atoms with van der Waals surface area (Å²) in [6, 6.07) is 10.6. The van der Waals surface area contributed by atoms with Gasteiger partial charge in [-0.15, -0.1) is 0 Å². The summed E-state index contributed by atoms with van der Waals surface area (Å²) >= 11 is 0. The average molecular weight is 286 g/mol. The van der Waals surface area contributed by atoms with E-state index in [0.717, 1.165) is 5.56 Å². The molecule has 0 radical (unpaired) electrons. The number of halogens is 1. The van der Waals surface area contributed by atoms with E-state index in [4.69, 9.17) is 0 Å². The maximum atomic E-state index is 13.1. The fraction of sp³-hybridized carbons (Fsp3) is 0.125. The van der Waals surface area contributed by atoms with Crippen LogP contribution in [0.15, 0.2) is 42.5 Å². The summed E-state index contributed by atoms with van der Waals surface area (Å²) in [6.07, 6.45) is 0. The number of carbonyl (C=O) groups excluding carboxylic acids is 2. The summed E-state index contributed by atoms with van der Waals surface area (Å²) < 4.78 is 13.1. The van der Waals surface area contributed by atoms with Gasteiger partial charge in [0, 0.05) is 23.9 Å². The Bertz CT molecular complexity index is 698. The molecular formula is C16H15FN2O2. The smallest absolute Gasteiger partial charge is 0.255 e.